The molecule has 0 radical (unpaired) electrons. The highest BCUT2D eigenvalue weighted by atomic mass is 32.2. The molecule has 0 aliphatic rings. The van der Waals surface area contributed by atoms with E-state index in [4.69, 9.17) is 0 Å². The second-order valence-corrected chi connectivity index (χ2v) is 8.41. The lowest BCUT2D eigenvalue weighted by Gasteiger charge is -2.11. The van der Waals surface area contributed by atoms with Gasteiger partial charge in [-0.25, -0.2) is 5.43 Å². The Morgan fingerprint density at radius 2 is 1.94 bits per heavy atom. The Bertz CT molecular complexity index is 1330. The lowest BCUT2D eigenvalue weighted by Crippen LogP contribution is -2.20. The minimum atomic E-state index is -0.238. The fraction of sp³-hybridized carbons (Fsp3) is 0.160. The summed E-state index contributed by atoms with van der Waals surface area (Å²) in [6.45, 7) is 6.78. The minimum Gasteiger partial charge on any atom is -0.377 e. The van der Waals surface area contributed by atoms with Gasteiger partial charge in [-0.2, -0.15) is 5.10 Å². The lowest BCUT2D eigenvalue weighted by molar-refractivity contribution is -0.118. The van der Waals surface area contributed by atoms with Crippen molar-refractivity contribution in [2.45, 2.75) is 25.2 Å². The van der Waals surface area contributed by atoms with Crippen LogP contribution in [0.1, 0.15) is 17.2 Å². The smallest absolute Gasteiger partial charge is 0.250 e. The van der Waals surface area contributed by atoms with Crippen molar-refractivity contribution in [2.24, 2.45) is 5.10 Å². The molecule has 34 heavy (non-hydrogen) atoms. The lowest BCUT2D eigenvalue weighted by atomic mass is 10.1. The number of hydrogen-bond donors (Lipinski definition) is 2. The van der Waals surface area contributed by atoms with Crippen LogP contribution in [-0.2, 0) is 17.9 Å². The van der Waals surface area contributed by atoms with Crippen LogP contribution in [0.5, 0.6) is 0 Å². The summed E-state index contributed by atoms with van der Waals surface area (Å²) >= 11 is 1.30. The van der Waals surface area contributed by atoms with E-state index in [9.17, 15) is 4.79 Å². The van der Waals surface area contributed by atoms with E-state index in [1.807, 2.05) is 54.0 Å². The molecule has 8 nitrogen and oxygen atoms in total. The number of aryl methyl sites for hydroxylation is 1. The summed E-state index contributed by atoms with van der Waals surface area (Å²) in [6.07, 6.45) is 3.31. The number of fused-ring (bicyclic) bond motifs is 1. The number of thioether (sulfide) groups is 1. The SMILES string of the molecule is C=CCn1c(CNc2cccc3ccccc23)nnc1SCC(=O)N/N=C/c1cccc(C)n1. The third-order valence-corrected chi connectivity index (χ3v) is 5.93. The number of anilines is 1. The van der Waals surface area contributed by atoms with Crippen LogP contribution in [0.2, 0.25) is 0 Å². The molecule has 1 amide bonds. The molecule has 0 saturated heterocycles. The van der Waals surface area contributed by atoms with Gasteiger partial charge < -0.3 is 9.88 Å². The van der Waals surface area contributed by atoms with Gasteiger partial charge in [0.25, 0.3) is 5.91 Å². The van der Waals surface area contributed by atoms with Gasteiger partial charge in [-0.15, -0.1) is 16.8 Å². The predicted octanol–water partition coefficient (Wildman–Crippen LogP) is 4.18. The second kappa shape index (κ2) is 11.2. The summed E-state index contributed by atoms with van der Waals surface area (Å²) in [6, 6.07) is 20.0. The van der Waals surface area contributed by atoms with Crippen LogP contribution >= 0.6 is 11.8 Å². The molecule has 0 saturated carbocycles. The maximum Gasteiger partial charge on any atom is 0.250 e. The molecule has 2 heterocycles. The monoisotopic (exact) mass is 471 g/mol. The van der Waals surface area contributed by atoms with Gasteiger partial charge in [0.1, 0.15) is 0 Å². The van der Waals surface area contributed by atoms with Crippen molar-refractivity contribution < 1.29 is 4.79 Å². The van der Waals surface area contributed by atoms with Gasteiger partial charge >= 0.3 is 0 Å². The van der Waals surface area contributed by atoms with Gasteiger partial charge in [0.2, 0.25) is 0 Å². The molecule has 0 unspecified atom stereocenters. The summed E-state index contributed by atoms with van der Waals surface area (Å²) in [5.74, 6) is 0.682. The molecular weight excluding hydrogens is 446 g/mol. The van der Waals surface area contributed by atoms with Gasteiger partial charge in [0, 0.05) is 23.3 Å². The molecule has 2 N–H and O–H groups in total. The Labute approximate surface area is 202 Å². The molecule has 2 aromatic carbocycles. The topological polar surface area (TPSA) is 97.1 Å². The Balaban J connectivity index is 1.37. The second-order valence-electron chi connectivity index (χ2n) is 7.46. The number of benzene rings is 2. The van der Waals surface area contributed by atoms with Crippen molar-refractivity contribution in [1.29, 1.82) is 0 Å². The molecular formula is C25H25N7OS. The van der Waals surface area contributed by atoms with Crippen LogP contribution in [0.3, 0.4) is 0 Å². The van der Waals surface area contributed by atoms with Crippen LogP contribution in [0.4, 0.5) is 5.69 Å². The highest BCUT2D eigenvalue weighted by Gasteiger charge is 2.13. The van der Waals surface area contributed by atoms with Crippen LogP contribution in [-0.4, -0.2) is 37.6 Å². The summed E-state index contributed by atoms with van der Waals surface area (Å²) in [5, 5.41) is 19.0. The first-order valence-electron chi connectivity index (χ1n) is 10.8. The minimum absolute atomic E-state index is 0.157. The Hall–Kier alpha value is -3.98. The molecule has 4 aromatic rings. The van der Waals surface area contributed by atoms with E-state index in [1.54, 1.807) is 6.08 Å². The van der Waals surface area contributed by atoms with Crippen LogP contribution in [0.15, 0.2) is 83.6 Å². The van der Waals surface area contributed by atoms with Crippen molar-refractivity contribution in [2.75, 3.05) is 11.1 Å². The van der Waals surface area contributed by atoms with E-state index < -0.39 is 0 Å². The number of hydrogen-bond acceptors (Lipinski definition) is 7. The van der Waals surface area contributed by atoms with E-state index in [-0.39, 0.29) is 11.7 Å². The number of carbonyl (C=O) groups excluding carboxylic acids is 1. The summed E-state index contributed by atoms with van der Waals surface area (Å²) < 4.78 is 1.95. The standard InChI is InChI=1S/C25H25N7OS/c1-3-14-32-23(16-26-22-13-7-10-19-9-4-5-12-21(19)22)29-31-25(32)34-17-24(33)30-27-15-20-11-6-8-18(2)28-20/h3-13,15,26H,1,14,16-17H2,2H3,(H,30,33)/b27-15+. The van der Waals surface area contributed by atoms with Crippen molar-refractivity contribution in [3.05, 3.63) is 90.5 Å². The first-order valence-corrected chi connectivity index (χ1v) is 11.8. The number of nitrogens with zero attached hydrogens (tertiary/aromatic N) is 5. The van der Waals surface area contributed by atoms with Crippen LogP contribution < -0.4 is 10.7 Å². The van der Waals surface area contributed by atoms with Crippen molar-refractivity contribution in [3.8, 4) is 0 Å². The van der Waals surface area contributed by atoms with E-state index in [0.29, 0.717) is 23.9 Å². The third-order valence-electron chi connectivity index (χ3n) is 4.96. The average Bonchev–Trinajstić information content (AvgIpc) is 3.23. The quantitative estimate of drug-likeness (QED) is 0.156. The van der Waals surface area contributed by atoms with Crippen LogP contribution in [0.25, 0.3) is 10.8 Å². The fourth-order valence-corrected chi connectivity index (χ4v) is 4.15. The van der Waals surface area contributed by atoms with Gasteiger partial charge in [-0.05, 0) is 30.5 Å². The van der Waals surface area contributed by atoms with E-state index >= 15 is 0 Å². The van der Waals surface area contributed by atoms with Crippen molar-refractivity contribution >= 4 is 40.3 Å². The average molecular weight is 472 g/mol. The Kier molecular flexibility index (Phi) is 7.67. The Morgan fingerprint density at radius 3 is 2.79 bits per heavy atom. The molecule has 0 bridgehead atoms. The molecule has 0 fully saturated rings. The zero-order valence-electron chi connectivity index (χ0n) is 18.8. The molecule has 0 spiro atoms. The zero-order valence-corrected chi connectivity index (χ0v) is 19.6. The summed E-state index contributed by atoms with van der Waals surface area (Å²) in [7, 11) is 0. The van der Waals surface area contributed by atoms with Gasteiger partial charge in [-0.3, -0.25) is 9.78 Å². The molecule has 4 rings (SSSR count). The maximum absolute atomic E-state index is 12.2. The van der Waals surface area contributed by atoms with Gasteiger partial charge in [-0.1, -0.05) is 60.3 Å². The summed E-state index contributed by atoms with van der Waals surface area (Å²) in [4.78, 5) is 16.5. The number of nitrogens with one attached hydrogen (secondary N) is 2. The zero-order chi connectivity index (χ0) is 23.8. The Morgan fingerprint density at radius 1 is 1.12 bits per heavy atom. The highest BCUT2D eigenvalue weighted by Crippen LogP contribution is 2.24. The normalized spacial score (nSPS) is 11.1. The number of rotatable bonds is 10. The molecule has 0 atom stereocenters. The van der Waals surface area contributed by atoms with E-state index in [2.05, 4.69) is 55.8 Å². The number of hydrazone groups is 1. The first-order chi connectivity index (χ1) is 16.6. The summed E-state index contributed by atoms with van der Waals surface area (Å²) in [5.41, 5.74) is 5.12. The highest BCUT2D eigenvalue weighted by molar-refractivity contribution is 7.99. The van der Waals surface area contributed by atoms with E-state index in [0.717, 1.165) is 22.6 Å². The number of aromatic nitrogens is 4. The third kappa shape index (κ3) is 5.87. The predicted molar refractivity (Wildman–Crippen MR) is 137 cm³/mol. The largest absolute Gasteiger partial charge is 0.377 e. The van der Waals surface area contributed by atoms with Crippen molar-refractivity contribution in [1.82, 2.24) is 25.2 Å². The van der Waals surface area contributed by atoms with Gasteiger partial charge in [0.05, 0.1) is 24.2 Å². The molecule has 0 aliphatic heterocycles. The van der Waals surface area contributed by atoms with Crippen molar-refractivity contribution in [3.63, 3.8) is 0 Å². The number of pyridine rings is 1. The first kappa shape index (κ1) is 23.2. The molecule has 2 aromatic heterocycles. The van der Waals surface area contributed by atoms with E-state index in [1.165, 1.54) is 23.4 Å². The fourth-order valence-electron chi connectivity index (χ4n) is 3.39. The number of allylic oxidation sites excluding steroid dienone is 1. The molecule has 0 aliphatic carbocycles. The maximum atomic E-state index is 12.2. The number of carbonyl (C=O) groups is 1. The molecule has 9 heteroatoms. The number of amides is 1. The van der Waals surface area contributed by atoms with Crippen LogP contribution in [0, 0.1) is 6.92 Å². The molecule has 172 valence electrons. The van der Waals surface area contributed by atoms with Gasteiger partial charge in [0.15, 0.2) is 11.0 Å².